The Morgan fingerprint density at radius 3 is 2.61 bits per heavy atom. The van der Waals surface area contributed by atoms with E-state index in [2.05, 4.69) is 5.10 Å². The molecule has 0 atom stereocenters. The molecule has 0 amide bonds. The van der Waals surface area contributed by atoms with Crippen LogP contribution in [0.3, 0.4) is 0 Å². The van der Waals surface area contributed by atoms with Gasteiger partial charge in [0.1, 0.15) is 0 Å². The monoisotopic (exact) mass is 282 g/mol. The molecule has 0 radical (unpaired) electrons. The molecule has 0 fully saturated rings. The smallest absolute Gasteiger partial charge is 0.180 e. The summed E-state index contributed by atoms with van der Waals surface area (Å²) in [7, 11) is 1.74. The van der Waals surface area contributed by atoms with Gasteiger partial charge in [-0.1, -0.05) is 11.6 Å². The Labute approximate surface area is 113 Å². The molecule has 0 aliphatic rings. The fourth-order valence-corrected chi connectivity index (χ4v) is 2.65. The molecular weight excluding hydrogens is 272 g/mol. The van der Waals surface area contributed by atoms with Crippen molar-refractivity contribution in [3.8, 4) is 0 Å². The summed E-state index contributed by atoms with van der Waals surface area (Å²) < 4.78 is 2.11. The molecule has 2 aromatic rings. The minimum atomic E-state index is -0.213. The van der Waals surface area contributed by atoms with E-state index in [1.54, 1.807) is 37.0 Å². The maximum Gasteiger partial charge on any atom is 0.180 e. The van der Waals surface area contributed by atoms with Crippen LogP contribution in [0.2, 0.25) is 4.34 Å². The first-order valence-corrected chi connectivity index (χ1v) is 6.49. The number of thiophene rings is 1. The second-order valence-corrected chi connectivity index (χ2v) is 5.64. The number of ketones is 2. The van der Waals surface area contributed by atoms with E-state index in [1.165, 1.54) is 11.3 Å². The van der Waals surface area contributed by atoms with Crippen LogP contribution in [0.15, 0.2) is 18.3 Å². The molecule has 18 heavy (non-hydrogen) atoms. The Balaban J connectivity index is 2.13. The molecular formula is C12H11ClN2O2S. The molecule has 0 aliphatic carbocycles. The summed E-state index contributed by atoms with van der Waals surface area (Å²) in [6.45, 7) is 1.75. The van der Waals surface area contributed by atoms with E-state index in [0.717, 1.165) is 0 Å². The maximum absolute atomic E-state index is 12.0. The lowest BCUT2D eigenvalue weighted by Gasteiger charge is -1.97. The predicted molar refractivity (Wildman–Crippen MR) is 70.6 cm³/mol. The minimum absolute atomic E-state index is 0.149. The van der Waals surface area contributed by atoms with E-state index >= 15 is 0 Å². The first kappa shape index (κ1) is 13.0. The largest absolute Gasteiger partial charge is 0.294 e. The van der Waals surface area contributed by atoms with Crippen LogP contribution in [0, 0.1) is 6.92 Å². The Morgan fingerprint density at radius 2 is 2.11 bits per heavy atom. The van der Waals surface area contributed by atoms with Gasteiger partial charge >= 0.3 is 0 Å². The third kappa shape index (κ3) is 2.68. The van der Waals surface area contributed by atoms with Gasteiger partial charge in [-0.2, -0.15) is 5.10 Å². The van der Waals surface area contributed by atoms with Crippen LogP contribution in [0.5, 0.6) is 0 Å². The van der Waals surface area contributed by atoms with Gasteiger partial charge in [0.25, 0.3) is 0 Å². The van der Waals surface area contributed by atoms with E-state index in [1.807, 2.05) is 0 Å². The van der Waals surface area contributed by atoms with Crippen molar-refractivity contribution >= 4 is 34.5 Å². The Hall–Kier alpha value is -1.46. The van der Waals surface area contributed by atoms with Crippen LogP contribution >= 0.6 is 22.9 Å². The lowest BCUT2D eigenvalue weighted by atomic mass is 10.1. The third-order valence-electron chi connectivity index (χ3n) is 2.48. The highest BCUT2D eigenvalue weighted by atomic mass is 35.5. The van der Waals surface area contributed by atoms with Crippen molar-refractivity contribution in [1.29, 1.82) is 0 Å². The molecule has 94 valence electrons. The number of nitrogens with zero attached hydrogens (tertiary/aromatic N) is 2. The Morgan fingerprint density at radius 1 is 1.39 bits per heavy atom. The van der Waals surface area contributed by atoms with Crippen molar-refractivity contribution in [3.63, 3.8) is 0 Å². The molecule has 0 bridgehead atoms. The van der Waals surface area contributed by atoms with Crippen LogP contribution < -0.4 is 0 Å². The van der Waals surface area contributed by atoms with Gasteiger partial charge < -0.3 is 0 Å². The number of halogens is 1. The highest BCUT2D eigenvalue weighted by Gasteiger charge is 2.18. The Kier molecular flexibility index (Phi) is 3.63. The number of hydrogen-bond acceptors (Lipinski definition) is 4. The van der Waals surface area contributed by atoms with Crippen molar-refractivity contribution in [2.24, 2.45) is 7.05 Å². The number of rotatable bonds is 4. The number of hydrogen-bond donors (Lipinski definition) is 0. The van der Waals surface area contributed by atoms with Gasteiger partial charge in [0.2, 0.25) is 0 Å². The van der Waals surface area contributed by atoms with E-state index < -0.39 is 0 Å². The highest BCUT2D eigenvalue weighted by Crippen LogP contribution is 2.23. The number of aromatic nitrogens is 2. The van der Waals surface area contributed by atoms with E-state index in [-0.39, 0.29) is 18.0 Å². The van der Waals surface area contributed by atoms with Crippen molar-refractivity contribution in [3.05, 3.63) is 38.8 Å². The molecule has 0 unspecified atom stereocenters. The first-order chi connectivity index (χ1) is 8.47. The number of aryl methyl sites for hydroxylation is 2. The minimum Gasteiger partial charge on any atom is -0.294 e. The second kappa shape index (κ2) is 5.04. The zero-order valence-electron chi connectivity index (χ0n) is 9.94. The van der Waals surface area contributed by atoms with Crippen molar-refractivity contribution in [2.75, 3.05) is 0 Å². The van der Waals surface area contributed by atoms with Crippen molar-refractivity contribution in [2.45, 2.75) is 13.3 Å². The summed E-state index contributed by atoms with van der Waals surface area (Å²) in [6, 6.07) is 3.29. The molecule has 4 nitrogen and oxygen atoms in total. The summed E-state index contributed by atoms with van der Waals surface area (Å²) in [5.41, 5.74) is 1.13. The highest BCUT2D eigenvalue weighted by molar-refractivity contribution is 7.18. The van der Waals surface area contributed by atoms with Gasteiger partial charge in [0.15, 0.2) is 11.6 Å². The normalized spacial score (nSPS) is 10.6. The molecule has 2 heterocycles. The molecule has 0 spiro atoms. The molecule has 6 heteroatoms. The first-order valence-electron chi connectivity index (χ1n) is 5.29. The molecule has 0 saturated carbocycles. The molecule has 2 aromatic heterocycles. The van der Waals surface area contributed by atoms with Crippen LogP contribution in [0.4, 0.5) is 0 Å². The van der Waals surface area contributed by atoms with E-state index in [4.69, 9.17) is 11.6 Å². The van der Waals surface area contributed by atoms with Crippen molar-refractivity contribution < 1.29 is 9.59 Å². The summed E-state index contributed by atoms with van der Waals surface area (Å²) in [6.07, 6.45) is 1.48. The molecule has 0 saturated heterocycles. The molecule has 0 N–H and O–H groups in total. The average molecular weight is 283 g/mol. The van der Waals surface area contributed by atoms with Crippen molar-refractivity contribution in [1.82, 2.24) is 9.78 Å². The lowest BCUT2D eigenvalue weighted by molar-refractivity contribution is 0.0896. The zero-order chi connectivity index (χ0) is 13.3. The lowest BCUT2D eigenvalue weighted by Crippen LogP contribution is -2.07. The van der Waals surface area contributed by atoms with Crippen LogP contribution in [0.25, 0.3) is 0 Å². The molecule has 0 aromatic carbocycles. The van der Waals surface area contributed by atoms with Gasteiger partial charge in [0, 0.05) is 13.2 Å². The molecule has 2 rings (SSSR count). The standard InChI is InChI=1S/C12H11ClN2O2S/c1-7-8(6-15(2)14-7)9(16)5-10(17)11-3-4-12(13)18-11/h3-4,6H,5H2,1-2H3. The van der Waals surface area contributed by atoms with E-state index in [9.17, 15) is 9.59 Å². The van der Waals surface area contributed by atoms with Gasteiger partial charge in [-0.3, -0.25) is 14.3 Å². The van der Waals surface area contributed by atoms with E-state index in [0.29, 0.717) is 20.5 Å². The van der Waals surface area contributed by atoms with Crippen LogP contribution in [0.1, 0.15) is 32.1 Å². The van der Waals surface area contributed by atoms with Gasteiger partial charge in [-0.15, -0.1) is 11.3 Å². The SMILES string of the molecule is Cc1nn(C)cc1C(=O)CC(=O)c1ccc(Cl)s1. The Bertz CT molecular complexity index is 615. The summed E-state index contributed by atoms with van der Waals surface area (Å²) in [5.74, 6) is -0.421. The number of carbonyl (C=O) groups is 2. The van der Waals surface area contributed by atoms with Gasteiger partial charge in [-0.05, 0) is 19.1 Å². The fourth-order valence-electron chi connectivity index (χ4n) is 1.67. The maximum atomic E-state index is 12.0. The topological polar surface area (TPSA) is 52.0 Å². The quantitative estimate of drug-likeness (QED) is 0.640. The third-order valence-corrected chi connectivity index (χ3v) is 3.76. The number of carbonyl (C=O) groups excluding carboxylic acids is 2. The van der Waals surface area contributed by atoms with Crippen LogP contribution in [-0.2, 0) is 7.05 Å². The van der Waals surface area contributed by atoms with Gasteiger partial charge in [0.05, 0.1) is 26.9 Å². The number of Topliss-reactive ketones (excluding diaryl/α,β-unsaturated/α-hetero) is 2. The average Bonchev–Trinajstić information content (AvgIpc) is 2.84. The predicted octanol–water partition coefficient (Wildman–Crippen LogP) is 2.90. The molecule has 0 aliphatic heterocycles. The summed E-state index contributed by atoms with van der Waals surface area (Å²) >= 11 is 6.94. The van der Waals surface area contributed by atoms with Crippen LogP contribution in [-0.4, -0.2) is 21.3 Å². The fraction of sp³-hybridized carbons (Fsp3) is 0.250. The van der Waals surface area contributed by atoms with Gasteiger partial charge in [-0.25, -0.2) is 0 Å². The summed E-state index contributed by atoms with van der Waals surface area (Å²) in [4.78, 5) is 24.3. The summed E-state index contributed by atoms with van der Waals surface area (Å²) in [5, 5.41) is 4.08. The zero-order valence-corrected chi connectivity index (χ0v) is 11.5. The second-order valence-electron chi connectivity index (χ2n) is 3.93.